The first-order chi connectivity index (χ1) is 10.6. The molecule has 5 nitrogen and oxygen atoms in total. The zero-order valence-electron chi connectivity index (χ0n) is 14.6. The lowest BCUT2D eigenvalue weighted by molar-refractivity contribution is -0.353. The van der Waals surface area contributed by atoms with E-state index in [2.05, 4.69) is 0 Å². The predicted molar refractivity (Wildman–Crippen MR) is 81.5 cm³/mol. The van der Waals surface area contributed by atoms with Gasteiger partial charge in [0.25, 0.3) is 0 Å². The third-order valence-electron chi connectivity index (χ3n) is 6.45. The van der Waals surface area contributed by atoms with Crippen LogP contribution in [0.15, 0.2) is 0 Å². The number of esters is 2. The second-order valence-corrected chi connectivity index (χ2v) is 9.08. The van der Waals surface area contributed by atoms with Crippen molar-refractivity contribution in [1.82, 2.24) is 0 Å². The van der Waals surface area contributed by atoms with Gasteiger partial charge >= 0.3 is 11.9 Å². The number of hydrogen-bond donors (Lipinski definition) is 0. The molecule has 0 unspecified atom stereocenters. The normalized spacial score (nSPS) is 46.5. The van der Waals surface area contributed by atoms with E-state index < -0.39 is 34.2 Å². The Hall–Kier alpha value is -1.10. The fraction of sp³-hybridized carbons (Fsp3) is 0.889. The summed E-state index contributed by atoms with van der Waals surface area (Å²) in [5.74, 6) is -0.416. The van der Waals surface area contributed by atoms with Gasteiger partial charge in [-0.3, -0.25) is 9.59 Å². The molecule has 0 aromatic heterocycles. The van der Waals surface area contributed by atoms with Crippen molar-refractivity contribution < 1.29 is 23.8 Å². The molecule has 2 heterocycles. The average molecular weight is 322 g/mol. The quantitative estimate of drug-likeness (QED) is 0.548. The molecule has 5 heteroatoms. The topological polar surface area (TPSA) is 61.8 Å². The van der Waals surface area contributed by atoms with E-state index in [9.17, 15) is 9.59 Å². The number of cyclic esters (lactones) is 1. The van der Waals surface area contributed by atoms with Crippen LogP contribution in [-0.4, -0.2) is 35.3 Å². The van der Waals surface area contributed by atoms with E-state index >= 15 is 0 Å². The number of carbonyl (C=O) groups is 2. The van der Waals surface area contributed by atoms with Gasteiger partial charge in [0.1, 0.15) is 16.8 Å². The van der Waals surface area contributed by atoms with Crippen LogP contribution in [0.4, 0.5) is 0 Å². The Balaban J connectivity index is 1.86. The Morgan fingerprint density at radius 3 is 2.61 bits per heavy atom. The van der Waals surface area contributed by atoms with Gasteiger partial charge in [-0.05, 0) is 65.2 Å². The predicted octanol–water partition coefficient (Wildman–Crippen LogP) is 2.46. The molecule has 4 aliphatic rings. The van der Waals surface area contributed by atoms with Crippen molar-refractivity contribution in [2.45, 2.75) is 70.7 Å². The minimum absolute atomic E-state index is 0.00845. The van der Waals surface area contributed by atoms with Gasteiger partial charge in [0.15, 0.2) is 0 Å². The SMILES string of the molecule is CC(C)(C)OC(=O)[C@@]12C(=O)OC(C)(C)[C@@]13OC[C@@H]1CCC[C@H]3[C@@H]12. The van der Waals surface area contributed by atoms with E-state index in [4.69, 9.17) is 14.2 Å². The smallest absolute Gasteiger partial charge is 0.327 e. The molecule has 2 saturated carbocycles. The van der Waals surface area contributed by atoms with E-state index in [0.29, 0.717) is 6.61 Å². The molecule has 0 aromatic rings. The van der Waals surface area contributed by atoms with Crippen molar-refractivity contribution in [3.8, 4) is 0 Å². The van der Waals surface area contributed by atoms with E-state index in [1.54, 1.807) is 0 Å². The standard InChI is InChI=1S/C18H26O5/c1-15(2,3)22-13(19)17-12-10-7-6-8-11(12)18(17,21-9-10)16(4,5)23-14(17)20/h10-12H,6-9H2,1-5H3/t10-,11-,12+,17-,18+/m0/s1. The maximum atomic E-state index is 13.2. The molecule has 4 fully saturated rings. The number of carbonyl (C=O) groups excluding carboxylic acids is 2. The van der Waals surface area contributed by atoms with Crippen LogP contribution in [0.2, 0.25) is 0 Å². The number of hydrogen-bond acceptors (Lipinski definition) is 5. The largest absolute Gasteiger partial charge is 0.459 e. The fourth-order valence-corrected chi connectivity index (χ4v) is 5.99. The lowest BCUT2D eigenvalue weighted by Gasteiger charge is -2.71. The number of rotatable bonds is 1. The van der Waals surface area contributed by atoms with Crippen molar-refractivity contribution in [3.05, 3.63) is 0 Å². The highest BCUT2D eigenvalue weighted by molar-refractivity contribution is 6.06. The second kappa shape index (κ2) is 4.11. The van der Waals surface area contributed by atoms with Crippen molar-refractivity contribution >= 4 is 11.9 Å². The second-order valence-electron chi connectivity index (χ2n) is 9.08. The summed E-state index contributed by atoms with van der Waals surface area (Å²) in [7, 11) is 0. The summed E-state index contributed by atoms with van der Waals surface area (Å²) < 4.78 is 17.7. The van der Waals surface area contributed by atoms with Gasteiger partial charge in [-0.15, -0.1) is 0 Å². The van der Waals surface area contributed by atoms with E-state index in [1.807, 2.05) is 34.6 Å². The summed E-state index contributed by atoms with van der Waals surface area (Å²) in [6.07, 6.45) is 3.13. The molecule has 0 amide bonds. The summed E-state index contributed by atoms with van der Waals surface area (Å²) in [6, 6.07) is 0. The highest BCUT2D eigenvalue weighted by Gasteiger charge is 2.92. The summed E-state index contributed by atoms with van der Waals surface area (Å²) in [5, 5.41) is 0. The van der Waals surface area contributed by atoms with Crippen LogP contribution in [0, 0.1) is 23.2 Å². The van der Waals surface area contributed by atoms with Gasteiger partial charge in [-0.25, -0.2) is 0 Å². The molecule has 0 aromatic carbocycles. The third-order valence-corrected chi connectivity index (χ3v) is 6.45. The lowest BCUT2D eigenvalue weighted by Crippen LogP contribution is -2.84. The van der Waals surface area contributed by atoms with E-state index in [-0.39, 0.29) is 17.8 Å². The van der Waals surface area contributed by atoms with Crippen LogP contribution in [0.25, 0.3) is 0 Å². The third kappa shape index (κ3) is 1.49. The van der Waals surface area contributed by atoms with Crippen LogP contribution in [0.5, 0.6) is 0 Å². The summed E-state index contributed by atoms with van der Waals surface area (Å²) >= 11 is 0. The molecule has 23 heavy (non-hydrogen) atoms. The summed E-state index contributed by atoms with van der Waals surface area (Å²) in [4.78, 5) is 26.1. The molecule has 0 spiro atoms. The first kappa shape index (κ1) is 15.4. The van der Waals surface area contributed by atoms with Crippen molar-refractivity contribution in [2.75, 3.05) is 6.61 Å². The monoisotopic (exact) mass is 322 g/mol. The number of ether oxygens (including phenoxy) is 3. The van der Waals surface area contributed by atoms with Gasteiger partial charge in [0.2, 0.25) is 5.41 Å². The Bertz CT molecular complexity index is 589. The maximum Gasteiger partial charge on any atom is 0.327 e. The van der Waals surface area contributed by atoms with Crippen molar-refractivity contribution in [1.29, 1.82) is 0 Å². The zero-order chi connectivity index (χ0) is 16.8. The molecule has 2 aliphatic carbocycles. The molecule has 0 radical (unpaired) electrons. The van der Waals surface area contributed by atoms with Crippen LogP contribution >= 0.6 is 0 Å². The van der Waals surface area contributed by atoms with Gasteiger partial charge < -0.3 is 14.2 Å². The molecule has 2 bridgehead atoms. The minimum Gasteiger partial charge on any atom is -0.459 e. The highest BCUT2D eigenvalue weighted by atomic mass is 16.6. The van der Waals surface area contributed by atoms with Gasteiger partial charge in [0, 0.05) is 0 Å². The molecule has 2 aliphatic heterocycles. The Labute approximate surface area is 137 Å². The van der Waals surface area contributed by atoms with E-state index in [1.165, 1.54) is 0 Å². The molecular weight excluding hydrogens is 296 g/mol. The first-order valence-corrected chi connectivity index (χ1v) is 8.69. The Morgan fingerprint density at radius 1 is 1.26 bits per heavy atom. The van der Waals surface area contributed by atoms with E-state index in [0.717, 1.165) is 19.3 Å². The lowest BCUT2D eigenvalue weighted by atomic mass is 9.35. The first-order valence-electron chi connectivity index (χ1n) is 8.69. The maximum absolute atomic E-state index is 13.2. The Morgan fingerprint density at radius 2 is 1.96 bits per heavy atom. The highest BCUT2D eigenvalue weighted by Crippen LogP contribution is 2.77. The molecule has 0 N–H and O–H groups in total. The average Bonchev–Trinajstić information content (AvgIpc) is 2.54. The molecule has 128 valence electrons. The van der Waals surface area contributed by atoms with Crippen LogP contribution in [0.3, 0.4) is 0 Å². The fourth-order valence-electron chi connectivity index (χ4n) is 5.99. The van der Waals surface area contributed by atoms with Gasteiger partial charge in [0.05, 0.1) is 6.61 Å². The molecule has 4 rings (SSSR count). The van der Waals surface area contributed by atoms with Crippen molar-refractivity contribution in [3.63, 3.8) is 0 Å². The van der Waals surface area contributed by atoms with Crippen molar-refractivity contribution in [2.24, 2.45) is 23.2 Å². The van der Waals surface area contributed by atoms with Gasteiger partial charge in [-0.2, -0.15) is 0 Å². The summed E-state index contributed by atoms with van der Waals surface area (Å²) in [6.45, 7) is 9.86. The minimum atomic E-state index is -1.27. The van der Waals surface area contributed by atoms with Crippen LogP contribution in [-0.2, 0) is 23.8 Å². The van der Waals surface area contributed by atoms with Gasteiger partial charge in [-0.1, -0.05) is 6.42 Å². The molecule has 5 atom stereocenters. The molecular formula is C18H26O5. The molecule has 2 saturated heterocycles. The Kier molecular flexibility index (Phi) is 2.75. The van der Waals surface area contributed by atoms with Crippen LogP contribution in [0.1, 0.15) is 53.9 Å². The van der Waals surface area contributed by atoms with Crippen LogP contribution < -0.4 is 0 Å². The zero-order valence-corrected chi connectivity index (χ0v) is 14.6. The summed E-state index contributed by atoms with van der Waals surface area (Å²) in [5.41, 5.74) is -3.57.